The number of rotatable bonds is 3. The predicted molar refractivity (Wildman–Crippen MR) is 102 cm³/mol. The summed E-state index contributed by atoms with van der Waals surface area (Å²) in [7, 11) is 0. The second-order valence-electron chi connectivity index (χ2n) is 8.43. The van der Waals surface area contributed by atoms with E-state index in [9.17, 15) is 18.0 Å². The van der Waals surface area contributed by atoms with Crippen LogP contribution in [-0.4, -0.2) is 75.7 Å². The number of carboxylic acids is 1. The summed E-state index contributed by atoms with van der Waals surface area (Å²) in [4.78, 5) is 34.1. The molecule has 2 saturated heterocycles. The van der Waals surface area contributed by atoms with Crippen LogP contribution in [0, 0.1) is 11.3 Å². The normalized spacial score (nSPS) is 21.6. The standard InChI is InChI=1S/C18H26N4O.C2HF3O2/c23-17(16-13-19-7-8-20-16)22-11-5-18(6-12-22)3-9-21(10-4-18)14-15-1-2-15;3-2(4,5)1(6)7/h7-8,13,15H,1-6,9-12,14H2;(H,6,7). The minimum atomic E-state index is -5.08. The maximum absolute atomic E-state index is 12.5. The lowest BCUT2D eigenvalue weighted by Crippen LogP contribution is -2.48. The largest absolute Gasteiger partial charge is 0.490 e. The molecule has 3 fully saturated rings. The first kappa shape index (κ1) is 22.5. The highest BCUT2D eigenvalue weighted by Crippen LogP contribution is 2.42. The first-order valence-electron chi connectivity index (χ1n) is 10.3. The van der Waals surface area contributed by atoms with E-state index in [4.69, 9.17) is 9.90 Å². The highest BCUT2D eigenvalue weighted by molar-refractivity contribution is 5.92. The monoisotopic (exact) mass is 428 g/mol. The van der Waals surface area contributed by atoms with Crippen molar-refractivity contribution in [2.24, 2.45) is 11.3 Å². The van der Waals surface area contributed by atoms with Crippen LogP contribution in [0.4, 0.5) is 13.2 Å². The minimum absolute atomic E-state index is 0.0409. The van der Waals surface area contributed by atoms with Crippen molar-refractivity contribution in [2.75, 3.05) is 32.7 Å². The smallest absolute Gasteiger partial charge is 0.475 e. The fraction of sp³-hybridized carbons (Fsp3) is 0.700. The van der Waals surface area contributed by atoms with Crippen LogP contribution in [0.1, 0.15) is 49.0 Å². The average Bonchev–Trinajstić information content (AvgIpc) is 3.55. The lowest BCUT2D eigenvalue weighted by atomic mass is 9.71. The number of hydrogen-bond acceptors (Lipinski definition) is 5. The molecule has 166 valence electrons. The Bertz CT molecular complexity index is 723. The van der Waals surface area contributed by atoms with Gasteiger partial charge in [0.25, 0.3) is 5.91 Å². The molecule has 0 aromatic carbocycles. The predicted octanol–water partition coefficient (Wildman–Crippen LogP) is 2.84. The van der Waals surface area contributed by atoms with Gasteiger partial charge >= 0.3 is 12.1 Å². The number of halogens is 3. The van der Waals surface area contributed by atoms with Gasteiger partial charge in [0.2, 0.25) is 0 Å². The molecule has 3 heterocycles. The maximum Gasteiger partial charge on any atom is 0.490 e. The van der Waals surface area contributed by atoms with Crippen molar-refractivity contribution in [1.82, 2.24) is 19.8 Å². The molecule has 10 heteroatoms. The van der Waals surface area contributed by atoms with Crippen molar-refractivity contribution in [3.63, 3.8) is 0 Å². The quantitative estimate of drug-likeness (QED) is 0.797. The zero-order valence-electron chi connectivity index (χ0n) is 16.8. The number of amides is 1. The molecule has 3 aliphatic rings. The lowest BCUT2D eigenvalue weighted by Gasteiger charge is -2.47. The van der Waals surface area contributed by atoms with Gasteiger partial charge in [0.05, 0.1) is 6.20 Å². The van der Waals surface area contributed by atoms with Crippen LogP contribution < -0.4 is 0 Å². The van der Waals surface area contributed by atoms with Gasteiger partial charge in [0.1, 0.15) is 5.69 Å². The van der Waals surface area contributed by atoms with Crippen LogP contribution in [0.15, 0.2) is 18.6 Å². The third kappa shape index (κ3) is 6.13. The first-order valence-corrected chi connectivity index (χ1v) is 10.3. The number of hydrogen-bond donors (Lipinski definition) is 1. The Morgan fingerprint density at radius 3 is 2.10 bits per heavy atom. The zero-order valence-corrected chi connectivity index (χ0v) is 16.8. The van der Waals surface area contributed by atoms with E-state index in [0.717, 1.165) is 31.8 Å². The molecule has 1 aliphatic carbocycles. The van der Waals surface area contributed by atoms with E-state index in [1.165, 1.54) is 45.3 Å². The van der Waals surface area contributed by atoms with Gasteiger partial charge in [0.15, 0.2) is 0 Å². The maximum atomic E-state index is 12.5. The third-order valence-corrected chi connectivity index (χ3v) is 6.27. The van der Waals surface area contributed by atoms with Gasteiger partial charge in [-0.2, -0.15) is 13.2 Å². The van der Waals surface area contributed by atoms with Gasteiger partial charge in [-0.25, -0.2) is 9.78 Å². The SMILES string of the molecule is O=C(O)C(F)(F)F.O=C(c1cnccn1)N1CCC2(CCN(CC3CC3)CC2)CC1. The van der Waals surface area contributed by atoms with E-state index in [-0.39, 0.29) is 5.91 Å². The summed E-state index contributed by atoms with van der Waals surface area (Å²) in [6.07, 6.45) is 7.50. The van der Waals surface area contributed by atoms with Crippen molar-refractivity contribution < 1.29 is 27.9 Å². The number of carboxylic acid groups (broad SMARTS) is 1. The second-order valence-corrected chi connectivity index (χ2v) is 8.43. The number of likely N-dealkylation sites (tertiary alicyclic amines) is 2. The molecule has 1 amide bonds. The van der Waals surface area contributed by atoms with Crippen LogP contribution in [0.3, 0.4) is 0 Å². The number of aliphatic carboxylic acids is 1. The minimum Gasteiger partial charge on any atom is -0.475 e. The molecule has 1 N–H and O–H groups in total. The molecule has 1 saturated carbocycles. The summed E-state index contributed by atoms with van der Waals surface area (Å²) < 4.78 is 31.7. The summed E-state index contributed by atoms with van der Waals surface area (Å²) in [5.41, 5.74) is 0.960. The second kappa shape index (κ2) is 9.28. The topological polar surface area (TPSA) is 86.6 Å². The van der Waals surface area contributed by atoms with Gasteiger partial charge in [-0.3, -0.25) is 9.78 Å². The lowest BCUT2D eigenvalue weighted by molar-refractivity contribution is -0.192. The van der Waals surface area contributed by atoms with Gasteiger partial charge in [0, 0.05) is 32.0 Å². The fourth-order valence-corrected chi connectivity index (χ4v) is 4.13. The van der Waals surface area contributed by atoms with Crippen LogP contribution in [-0.2, 0) is 4.79 Å². The molecule has 0 atom stereocenters. The number of alkyl halides is 3. The van der Waals surface area contributed by atoms with Crippen molar-refractivity contribution in [3.05, 3.63) is 24.3 Å². The molecule has 1 aromatic rings. The number of carbonyl (C=O) groups excluding carboxylic acids is 1. The Kier molecular flexibility index (Phi) is 6.95. The van der Waals surface area contributed by atoms with Crippen LogP contribution >= 0.6 is 0 Å². The molecule has 2 aliphatic heterocycles. The Labute approximate surface area is 173 Å². The summed E-state index contributed by atoms with van der Waals surface area (Å²) >= 11 is 0. The molecule has 0 bridgehead atoms. The van der Waals surface area contributed by atoms with Crippen LogP contribution in [0.2, 0.25) is 0 Å². The number of piperidine rings is 2. The van der Waals surface area contributed by atoms with E-state index in [1.807, 2.05) is 4.90 Å². The van der Waals surface area contributed by atoms with Crippen molar-refractivity contribution in [1.29, 1.82) is 0 Å². The summed E-state index contributed by atoms with van der Waals surface area (Å²) in [6, 6.07) is 0. The molecule has 30 heavy (non-hydrogen) atoms. The Balaban J connectivity index is 0.000000318. The zero-order chi connectivity index (χ0) is 21.8. The summed E-state index contributed by atoms with van der Waals surface area (Å²) in [5, 5.41) is 7.12. The highest BCUT2D eigenvalue weighted by atomic mass is 19.4. The molecule has 1 spiro atoms. The summed E-state index contributed by atoms with van der Waals surface area (Å²) in [5.74, 6) is -1.72. The fourth-order valence-electron chi connectivity index (χ4n) is 4.13. The Morgan fingerprint density at radius 2 is 1.63 bits per heavy atom. The van der Waals surface area contributed by atoms with Gasteiger partial charge < -0.3 is 14.9 Å². The first-order chi connectivity index (χ1) is 14.2. The van der Waals surface area contributed by atoms with E-state index in [2.05, 4.69) is 14.9 Å². The van der Waals surface area contributed by atoms with Gasteiger partial charge in [-0.1, -0.05) is 0 Å². The number of nitrogens with zero attached hydrogens (tertiary/aromatic N) is 4. The molecule has 0 unspecified atom stereocenters. The highest BCUT2D eigenvalue weighted by Gasteiger charge is 2.40. The van der Waals surface area contributed by atoms with Gasteiger partial charge in [-0.15, -0.1) is 0 Å². The van der Waals surface area contributed by atoms with E-state index in [0.29, 0.717) is 11.1 Å². The Morgan fingerprint density at radius 1 is 1.07 bits per heavy atom. The van der Waals surface area contributed by atoms with Crippen molar-refractivity contribution in [2.45, 2.75) is 44.7 Å². The average molecular weight is 428 g/mol. The molecule has 7 nitrogen and oxygen atoms in total. The third-order valence-electron chi connectivity index (χ3n) is 6.27. The number of carbonyl (C=O) groups is 2. The summed E-state index contributed by atoms with van der Waals surface area (Å²) in [6.45, 7) is 5.59. The van der Waals surface area contributed by atoms with Crippen molar-refractivity contribution >= 4 is 11.9 Å². The molecular weight excluding hydrogens is 401 g/mol. The Hall–Kier alpha value is -2.23. The molecule has 1 aromatic heterocycles. The van der Waals surface area contributed by atoms with Crippen LogP contribution in [0.25, 0.3) is 0 Å². The van der Waals surface area contributed by atoms with E-state index >= 15 is 0 Å². The van der Waals surface area contributed by atoms with Gasteiger partial charge in [-0.05, 0) is 62.9 Å². The van der Waals surface area contributed by atoms with Crippen molar-refractivity contribution in [3.8, 4) is 0 Å². The van der Waals surface area contributed by atoms with E-state index < -0.39 is 12.1 Å². The van der Waals surface area contributed by atoms with Crippen LogP contribution in [0.5, 0.6) is 0 Å². The molecular formula is C20H27F3N4O3. The number of aromatic nitrogens is 2. The molecule has 0 radical (unpaired) electrons. The van der Waals surface area contributed by atoms with E-state index in [1.54, 1.807) is 18.6 Å². The molecule has 4 rings (SSSR count).